The molecule has 0 saturated heterocycles. The number of nitrogens with two attached hydrogens (primary N) is 1. The van der Waals surface area contributed by atoms with E-state index >= 15 is 0 Å². The molecule has 0 fully saturated rings. The van der Waals surface area contributed by atoms with Crippen LogP contribution in [-0.4, -0.2) is 28.1 Å². The lowest BCUT2D eigenvalue weighted by atomic mass is 10.1. The standard InChI is InChI=1S/C18H24N2O2S/c1-3-20(4-2)16-12-10-15(11-13-16)18(14-19)23(21,22)17-8-6-5-7-9-17/h5-13,18H,3-4,14,19H2,1-2H3/t18-/m1/s1. The van der Waals surface area contributed by atoms with Gasteiger partial charge in [-0.05, 0) is 43.7 Å². The fraction of sp³-hybridized carbons (Fsp3) is 0.333. The van der Waals surface area contributed by atoms with E-state index in [0.717, 1.165) is 24.3 Å². The quantitative estimate of drug-likeness (QED) is 0.846. The van der Waals surface area contributed by atoms with Gasteiger partial charge in [-0.25, -0.2) is 8.42 Å². The van der Waals surface area contributed by atoms with Gasteiger partial charge in [0, 0.05) is 25.3 Å². The number of hydrogen-bond donors (Lipinski definition) is 1. The zero-order valence-corrected chi connectivity index (χ0v) is 14.5. The largest absolute Gasteiger partial charge is 0.372 e. The number of hydrogen-bond acceptors (Lipinski definition) is 4. The second kappa shape index (κ2) is 7.62. The molecule has 2 N–H and O–H groups in total. The van der Waals surface area contributed by atoms with Crippen LogP contribution >= 0.6 is 0 Å². The molecule has 0 saturated carbocycles. The van der Waals surface area contributed by atoms with E-state index in [2.05, 4.69) is 18.7 Å². The van der Waals surface area contributed by atoms with Gasteiger partial charge in [-0.2, -0.15) is 0 Å². The summed E-state index contributed by atoms with van der Waals surface area (Å²) >= 11 is 0. The lowest BCUT2D eigenvalue weighted by Crippen LogP contribution is -2.23. The number of anilines is 1. The van der Waals surface area contributed by atoms with E-state index in [4.69, 9.17) is 5.73 Å². The molecule has 2 rings (SSSR count). The molecule has 1 atom stereocenters. The van der Waals surface area contributed by atoms with Gasteiger partial charge >= 0.3 is 0 Å². The highest BCUT2D eigenvalue weighted by Gasteiger charge is 2.27. The normalized spacial score (nSPS) is 12.8. The summed E-state index contributed by atoms with van der Waals surface area (Å²) in [5, 5.41) is -0.726. The Morgan fingerprint density at radius 2 is 1.52 bits per heavy atom. The topological polar surface area (TPSA) is 63.4 Å². The van der Waals surface area contributed by atoms with Crippen molar-refractivity contribution in [2.24, 2.45) is 5.73 Å². The highest BCUT2D eigenvalue weighted by atomic mass is 32.2. The van der Waals surface area contributed by atoms with E-state index in [1.165, 1.54) is 0 Å². The van der Waals surface area contributed by atoms with Crippen molar-refractivity contribution in [2.75, 3.05) is 24.5 Å². The first-order valence-electron chi connectivity index (χ1n) is 7.88. The van der Waals surface area contributed by atoms with E-state index in [-0.39, 0.29) is 6.54 Å². The number of nitrogens with zero attached hydrogens (tertiary/aromatic N) is 1. The van der Waals surface area contributed by atoms with Gasteiger partial charge in [-0.3, -0.25) is 0 Å². The Hall–Kier alpha value is -1.85. The fourth-order valence-electron chi connectivity index (χ4n) is 2.70. The first-order chi connectivity index (χ1) is 11.0. The molecule has 0 aliphatic carbocycles. The highest BCUT2D eigenvalue weighted by Crippen LogP contribution is 2.29. The van der Waals surface area contributed by atoms with E-state index in [9.17, 15) is 8.42 Å². The number of rotatable bonds is 7. The summed E-state index contributed by atoms with van der Waals surface area (Å²) in [6.07, 6.45) is 0. The molecule has 0 heterocycles. The van der Waals surface area contributed by atoms with Gasteiger partial charge in [0.25, 0.3) is 0 Å². The van der Waals surface area contributed by atoms with Gasteiger partial charge in [0.05, 0.1) is 4.90 Å². The maximum Gasteiger partial charge on any atom is 0.186 e. The van der Waals surface area contributed by atoms with Crippen molar-refractivity contribution < 1.29 is 8.42 Å². The molecule has 23 heavy (non-hydrogen) atoms. The van der Waals surface area contributed by atoms with Crippen LogP contribution in [-0.2, 0) is 9.84 Å². The summed E-state index contributed by atoms with van der Waals surface area (Å²) in [5.74, 6) is 0. The van der Waals surface area contributed by atoms with Crippen LogP contribution in [0.4, 0.5) is 5.69 Å². The fourth-order valence-corrected chi connectivity index (χ4v) is 4.34. The third-order valence-corrected chi connectivity index (χ3v) is 6.20. The Morgan fingerprint density at radius 3 is 2.00 bits per heavy atom. The van der Waals surface area contributed by atoms with Crippen molar-refractivity contribution in [2.45, 2.75) is 24.0 Å². The second-order valence-corrected chi connectivity index (χ2v) is 7.48. The summed E-state index contributed by atoms with van der Waals surface area (Å²) in [4.78, 5) is 2.52. The van der Waals surface area contributed by atoms with E-state index in [1.54, 1.807) is 30.3 Å². The van der Waals surface area contributed by atoms with Crippen molar-refractivity contribution in [3.63, 3.8) is 0 Å². The highest BCUT2D eigenvalue weighted by molar-refractivity contribution is 7.91. The molecule has 5 heteroatoms. The molecule has 4 nitrogen and oxygen atoms in total. The zero-order chi connectivity index (χ0) is 16.9. The Balaban J connectivity index is 2.35. The summed E-state index contributed by atoms with van der Waals surface area (Å²) in [6, 6.07) is 16.1. The summed E-state index contributed by atoms with van der Waals surface area (Å²) in [7, 11) is -3.49. The Bertz CT molecular complexity index is 708. The molecule has 2 aromatic rings. The van der Waals surface area contributed by atoms with Crippen LogP contribution in [0, 0.1) is 0 Å². The minimum Gasteiger partial charge on any atom is -0.372 e. The monoisotopic (exact) mass is 332 g/mol. The molecule has 0 aliphatic rings. The minimum absolute atomic E-state index is 0.0574. The van der Waals surface area contributed by atoms with Gasteiger partial charge in [0.15, 0.2) is 9.84 Å². The van der Waals surface area contributed by atoms with Crippen LogP contribution < -0.4 is 10.6 Å². The predicted molar refractivity (Wildman–Crippen MR) is 95.4 cm³/mol. The van der Waals surface area contributed by atoms with Crippen molar-refractivity contribution >= 4 is 15.5 Å². The minimum atomic E-state index is -3.49. The second-order valence-electron chi connectivity index (χ2n) is 5.35. The summed E-state index contributed by atoms with van der Waals surface area (Å²) in [6.45, 7) is 6.08. The molecular formula is C18H24N2O2S. The molecule has 0 unspecified atom stereocenters. The average Bonchev–Trinajstić information content (AvgIpc) is 2.58. The van der Waals surface area contributed by atoms with Crippen LogP contribution in [0.5, 0.6) is 0 Å². The summed E-state index contributed by atoms with van der Waals surface area (Å²) in [5.41, 5.74) is 7.61. The molecule has 124 valence electrons. The molecule has 0 bridgehead atoms. The van der Waals surface area contributed by atoms with Gasteiger partial charge in [0.2, 0.25) is 0 Å². The molecular weight excluding hydrogens is 308 g/mol. The maximum atomic E-state index is 12.8. The van der Waals surface area contributed by atoms with E-state index in [1.807, 2.05) is 24.3 Å². The molecule has 0 amide bonds. The molecule has 0 spiro atoms. The van der Waals surface area contributed by atoms with E-state index < -0.39 is 15.1 Å². The van der Waals surface area contributed by atoms with Crippen LogP contribution in [0.25, 0.3) is 0 Å². The lowest BCUT2D eigenvalue weighted by Gasteiger charge is -2.22. The first-order valence-corrected chi connectivity index (χ1v) is 9.43. The van der Waals surface area contributed by atoms with Crippen LogP contribution in [0.15, 0.2) is 59.5 Å². The third-order valence-electron chi connectivity index (χ3n) is 4.05. The van der Waals surface area contributed by atoms with Crippen molar-refractivity contribution in [1.29, 1.82) is 0 Å². The Kier molecular flexibility index (Phi) is 5.80. The SMILES string of the molecule is CCN(CC)c1ccc([C@@H](CN)S(=O)(=O)c2ccccc2)cc1. The Morgan fingerprint density at radius 1 is 0.957 bits per heavy atom. The molecule has 0 aliphatic heterocycles. The van der Waals surface area contributed by atoms with Crippen LogP contribution in [0.1, 0.15) is 24.7 Å². The third kappa shape index (κ3) is 3.74. The van der Waals surface area contributed by atoms with Gasteiger partial charge in [0.1, 0.15) is 5.25 Å². The van der Waals surface area contributed by atoms with Crippen molar-refractivity contribution in [3.05, 3.63) is 60.2 Å². The Labute approximate surface area is 138 Å². The number of benzene rings is 2. The van der Waals surface area contributed by atoms with Crippen LogP contribution in [0.2, 0.25) is 0 Å². The van der Waals surface area contributed by atoms with Gasteiger partial charge < -0.3 is 10.6 Å². The molecule has 0 aromatic heterocycles. The lowest BCUT2D eigenvalue weighted by molar-refractivity contribution is 0.582. The zero-order valence-electron chi connectivity index (χ0n) is 13.6. The van der Waals surface area contributed by atoms with Crippen LogP contribution in [0.3, 0.4) is 0 Å². The van der Waals surface area contributed by atoms with Crippen molar-refractivity contribution in [3.8, 4) is 0 Å². The summed E-state index contributed by atoms with van der Waals surface area (Å²) < 4.78 is 25.6. The first kappa shape index (κ1) is 17.5. The maximum absolute atomic E-state index is 12.8. The predicted octanol–water partition coefficient (Wildman–Crippen LogP) is 3.01. The van der Waals surface area contributed by atoms with Crippen molar-refractivity contribution in [1.82, 2.24) is 0 Å². The van der Waals surface area contributed by atoms with Gasteiger partial charge in [-0.1, -0.05) is 30.3 Å². The number of sulfone groups is 1. The average molecular weight is 332 g/mol. The smallest absolute Gasteiger partial charge is 0.186 e. The van der Waals surface area contributed by atoms with E-state index in [0.29, 0.717) is 4.90 Å². The molecule has 2 aromatic carbocycles. The van der Waals surface area contributed by atoms with Gasteiger partial charge in [-0.15, -0.1) is 0 Å². The molecule has 0 radical (unpaired) electrons.